The smallest absolute Gasteiger partial charge is 0.313 e. The third-order valence-electron chi connectivity index (χ3n) is 4.10. The van der Waals surface area contributed by atoms with Gasteiger partial charge in [-0.15, -0.1) is 0 Å². The summed E-state index contributed by atoms with van der Waals surface area (Å²) in [4.78, 5) is 23.3. The molecule has 0 heterocycles. The van der Waals surface area contributed by atoms with E-state index in [1.807, 2.05) is 42.5 Å². The monoisotopic (exact) mass is 306 g/mol. The van der Waals surface area contributed by atoms with Crippen LogP contribution in [0.5, 0.6) is 0 Å². The first-order chi connectivity index (χ1) is 11.3. The predicted molar refractivity (Wildman–Crippen MR) is 91.5 cm³/mol. The number of aldehydes is 1. The summed E-state index contributed by atoms with van der Waals surface area (Å²) in [6, 6.07) is 18.1. The Bertz CT molecular complexity index is 867. The van der Waals surface area contributed by atoms with Gasteiger partial charge >= 0.3 is 5.97 Å². The van der Waals surface area contributed by atoms with Crippen LogP contribution in [0.3, 0.4) is 0 Å². The molecule has 0 aromatic heterocycles. The summed E-state index contributed by atoms with van der Waals surface area (Å²) in [5.41, 5.74) is 0.846. The van der Waals surface area contributed by atoms with Crippen molar-refractivity contribution in [1.82, 2.24) is 0 Å². The molecule has 116 valence electrons. The molecule has 23 heavy (non-hydrogen) atoms. The minimum Gasteiger partial charge on any atom is -0.466 e. The summed E-state index contributed by atoms with van der Waals surface area (Å²) in [6.07, 6.45) is 0.909. The van der Waals surface area contributed by atoms with Crippen LogP contribution in [0.15, 0.2) is 54.6 Å². The molecule has 0 radical (unpaired) electrons. The van der Waals surface area contributed by atoms with Gasteiger partial charge in [0.1, 0.15) is 6.29 Å². The Morgan fingerprint density at radius 1 is 1.00 bits per heavy atom. The number of esters is 1. The molecular weight excluding hydrogens is 288 g/mol. The van der Waals surface area contributed by atoms with E-state index in [1.165, 1.54) is 0 Å². The van der Waals surface area contributed by atoms with Gasteiger partial charge in [0, 0.05) is 6.42 Å². The minimum absolute atomic E-state index is 0.130. The number of carbonyl (C=O) groups excluding carboxylic acids is 2. The highest BCUT2D eigenvalue weighted by molar-refractivity contribution is 6.09. The number of ether oxygens (including phenoxy) is 1. The molecule has 1 atom stereocenters. The van der Waals surface area contributed by atoms with E-state index >= 15 is 0 Å². The zero-order valence-electron chi connectivity index (χ0n) is 13.0. The van der Waals surface area contributed by atoms with Crippen LogP contribution >= 0.6 is 0 Å². The van der Waals surface area contributed by atoms with Crippen molar-refractivity contribution < 1.29 is 14.3 Å². The van der Waals surface area contributed by atoms with E-state index in [1.54, 1.807) is 6.92 Å². The van der Waals surface area contributed by atoms with Gasteiger partial charge in [0.2, 0.25) is 0 Å². The van der Waals surface area contributed by atoms with Crippen LogP contribution in [0.4, 0.5) is 0 Å². The summed E-state index contributed by atoms with van der Waals surface area (Å²) in [6.45, 7) is 2.08. The Balaban J connectivity index is 2.22. The second-order valence-corrected chi connectivity index (χ2v) is 5.44. The zero-order valence-corrected chi connectivity index (χ0v) is 13.0. The molecule has 3 rings (SSSR count). The van der Waals surface area contributed by atoms with Gasteiger partial charge in [-0.1, -0.05) is 54.6 Å². The van der Waals surface area contributed by atoms with Crippen molar-refractivity contribution in [3.8, 4) is 0 Å². The summed E-state index contributed by atoms with van der Waals surface area (Å²) in [5, 5.41) is 4.37. The Morgan fingerprint density at radius 3 is 2.57 bits per heavy atom. The Kier molecular flexibility index (Phi) is 4.38. The van der Waals surface area contributed by atoms with Crippen molar-refractivity contribution in [2.45, 2.75) is 19.3 Å². The van der Waals surface area contributed by atoms with Crippen LogP contribution in [0.1, 0.15) is 24.8 Å². The third kappa shape index (κ3) is 2.82. The van der Waals surface area contributed by atoms with Crippen LogP contribution in [0, 0.1) is 0 Å². The van der Waals surface area contributed by atoms with E-state index in [-0.39, 0.29) is 12.4 Å². The Morgan fingerprint density at radius 2 is 1.78 bits per heavy atom. The van der Waals surface area contributed by atoms with E-state index < -0.39 is 5.92 Å². The van der Waals surface area contributed by atoms with Gasteiger partial charge in [0.05, 0.1) is 12.5 Å². The lowest BCUT2D eigenvalue weighted by atomic mass is 9.89. The fourth-order valence-corrected chi connectivity index (χ4v) is 3.06. The molecule has 0 aliphatic rings. The second-order valence-electron chi connectivity index (χ2n) is 5.44. The van der Waals surface area contributed by atoms with Gasteiger partial charge in [-0.3, -0.25) is 4.79 Å². The fourth-order valence-electron chi connectivity index (χ4n) is 3.06. The van der Waals surface area contributed by atoms with Crippen molar-refractivity contribution in [2.24, 2.45) is 0 Å². The summed E-state index contributed by atoms with van der Waals surface area (Å²) in [5.74, 6) is -0.905. The zero-order chi connectivity index (χ0) is 16.2. The Hall–Kier alpha value is -2.68. The van der Waals surface area contributed by atoms with Crippen molar-refractivity contribution >= 4 is 33.8 Å². The highest BCUT2D eigenvalue weighted by Gasteiger charge is 2.23. The molecule has 0 N–H and O–H groups in total. The summed E-state index contributed by atoms with van der Waals surface area (Å²) >= 11 is 0. The number of carbonyl (C=O) groups is 2. The maximum Gasteiger partial charge on any atom is 0.313 e. The highest BCUT2D eigenvalue weighted by Crippen LogP contribution is 2.32. The molecule has 0 spiro atoms. The number of hydrogen-bond acceptors (Lipinski definition) is 3. The molecule has 0 fully saturated rings. The largest absolute Gasteiger partial charge is 0.466 e. The molecule has 3 nitrogen and oxygen atoms in total. The molecule has 3 heteroatoms. The number of benzene rings is 3. The Labute approximate surface area is 134 Å². The molecule has 3 aromatic rings. The molecule has 0 saturated heterocycles. The van der Waals surface area contributed by atoms with Crippen LogP contribution in [0.25, 0.3) is 21.5 Å². The predicted octanol–water partition coefficient (Wildman–Crippen LogP) is 4.23. The first-order valence-electron chi connectivity index (χ1n) is 7.77. The molecule has 1 unspecified atom stereocenters. The van der Waals surface area contributed by atoms with Gasteiger partial charge in [-0.05, 0) is 34.0 Å². The minimum atomic E-state index is -0.558. The molecule has 0 aliphatic heterocycles. The number of fused-ring (bicyclic) bond motifs is 3. The first-order valence-corrected chi connectivity index (χ1v) is 7.77. The van der Waals surface area contributed by atoms with Gasteiger partial charge in [-0.25, -0.2) is 0 Å². The first kappa shape index (κ1) is 15.2. The van der Waals surface area contributed by atoms with Crippen LogP contribution in [0.2, 0.25) is 0 Å². The average molecular weight is 306 g/mol. The molecule has 0 amide bonds. The molecule has 3 aromatic carbocycles. The van der Waals surface area contributed by atoms with Crippen molar-refractivity contribution in [2.75, 3.05) is 6.61 Å². The fraction of sp³-hybridized carbons (Fsp3) is 0.200. The number of rotatable bonds is 5. The van der Waals surface area contributed by atoms with E-state index in [0.29, 0.717) is 6.61 Å². The topological polar surface area (TPSA) is 43.4 Å². The standard InChI is InChI=1S/C20H18O3/c1-2-23-20(22)19(12-13-21)17-9-5-8-16-15-7-4-3-6-14(15)10-11-18(16)17/h3-11,13,19H,2,12H2,1H3. The highest BCUT2D eigenvalue weighted by atomic mass is 16.5. The van der Waals surface area contributed by atoms with Crippen molar-refractivity contribution in [3.05, 3.63) is 60.2 Å². The summed E-state index contributed by atoms with van der Waals surface area (Å²) < 4.78 is 5.15. The maximum atomic E-state index is 12.3. The molecule has 0 saturated carbocycles. The third-order valence-corrected chi connectivity index (χ3v) is 4.10. The van der Waals surface area contributed by atoms with Gasteiger partial charge in [-0.2, -0.15) is 0 Å². The van der Waals surface area contributed by atoms with Crippen LogP contribution in [-0.4, -0.2) is 18.9 Å². The average Bonchev–Trinajstić information content (AvgIpc) is 2.59. The van der Waals surface area contributed by atoms with E-state index in [4.69, 9.17) is 4.74 Å². The van der Waals surface area contributed by atoms with E-state index in [9.17, 15) is 9.59 Å². The lowest BCUT2D eigenvalue weighted by Gasteiger charge is -2.16. The van der Waals surface area contributed by atoms with E-state index in [2.05, 4.69) is 12.1 Å². The van der Waals surface area contributed by atoms with Gasteiger partial charge in [0.25, 0.3) is 0 Å². The SMILES string of the molecule is CCOC(=O)C(CC=O)c1cccc2c1ccc1ccccc12. The molecule has 0 bridgehead atoms. The van der Waals surface area contributed by atoms with Gasteiger partial charge < -0.3 is 9.53 Å². The number of hydrogen-bond donors (Lipinski definition) is 0. The van der Waals surface area contributed by atoms with Crippen molar-refractivity contribution in [3.63, 3.8) is 0 Å². The normalized spacial score (nSPS) is 12.2. The quantitative estimate of drug-likeness (QED) is 0.402. The van der Waals surface area contributed by atoms with Gasteiger partial charge in [0.15, 0.2) is 0 Å². The lowest BCUT2D eigenvalue weighted by Crippen LogP contribution is -2.17. The molecule has 0 aliphatic carbocycles. The lowest BCUT2D eigenvalue weighted by molar-refractivity contribution is -0.145. The maximum absolute atomic E-state index is 12.3. The van der Waals surface area contributed by atoms with Crippen molar-refractivity contribution in [1.29, 1.82) is 0 Å². The summed E-state index contributed by atoms with van der Waals surface area (Å²) in [7, 11) is 0. The molecular formula is C20H18O3. The van der Waals surface area contributed by atoms with Crippen LogP contribution in [-0.2, 0) is 14.3 Å². The van der Waals surface area contributed by atoms with Crippen LogP contribution < -0.4 is 0 Å². The second kappa shape index (κ2) is 6.61. The van der Waals surface area contributed by atoms with E-state index in [0.717, 1.165) is 33.4 Å².